The second kappa shape index (κ2) is 8.61. The topological polar surface area (TPSA) is 96.0 Å². The van der Waals surface area contributed by atoms with E-state index < -0.39 is 10.0 Å². The molecule has 3 rings (SSSR count). The average Bonchev–Trinajstić information content (AvgIpc) is 2.97. The summed E-state index contributed by atoms with van der Waals surface area (Å²) < 4.78 is 34.9. The maximum Gasteiger partial charge on any atom is 0.409 e. The predicted octanol–water partition coefficient (Wildman–Crippen LogP) is 2.65. The molecule has 1 saturated heterocycles. The Labute approximate surface area is 179 Å². The van der Waals surface area contributed by atoms with Gasteiger partial charge in [0.1, 0.15) is 4.90 Å². The van der Waals surface area contributed by atoms with Gasteiger partial charge in [-0.15, -0.1) is 0 Å². The highest BCUT2D eigenvalue weighted by Crippen LogP contribution is 2.40. The number of piperidine rings is 1. The summed E-state index contributed by atoms with van der Waals surface area (Å²) in [5.74, 6) is -0.183. The molecule has 0 spiro atoms. The van der Waals surface area contributed by atoms with E-state index in [1.165, 1.54) is 6.92 Å². The predicted molar refractivity (Wildman–Crippen MR) is 112 cm³/mol. The molecule has 0 bridgehead atoms. The Morgan fingerprint density at radius 2 is 1.93 bits per heavy atom. The maximum atomic E-state index is 13.2. The lowest BCUT2D eigenvalue weighted by atomic mass is 10.1. The zero-order chi connectivity index (χ0) is 21.3. The lowest BCUT2D eigenvalue weighted by Gasteiger charge is -2.31. The van der Waals surface area contributed by atoms with Crippen LogP contribution in [0.2, 0.25) is 0 Å². The minimum atomic E-state index is -3.85. The van der Waals surface area contributed by atoms with E-state index in [9.17, 15) is 18.0 Å². The van der Waals surface area contributed by atoms with Crippen LogP contribution >= 0.6 is 15.9 Å². The summed E-state index contributed by atoms with van der Waals surface area (Å²) in [6.45, 7) is 6.27. The lowest BCUT2D eigenvalue weighted by Crippen LogP contribution is -2.46. The fraction of sp³-hybridized carbons (Fsp3) is 0.579. The summed E-state index contributed by atoms with van der Waals surface area (Å²) in [6, 6.07) is 3.03. The van der Waals surface area contributed by atoms with Crippen molar-refractivity contribution in [2.45, 2.75) is 57.0 Å². The number of nitrogens with one attached hydrogen (secondary N) is 1. The number of nitrogens with zero attached hydrogens (tertiary/aromatic N) is 2. The molecule has 0 radical (unpaired) electrons. The monoisotopic (exact) mass is 487 g/mol. The molecule has 0 aromatic heterocycles. The number of sulfonamides is 1. The zero-order valence-corrected chi connectivity index (χ0v) is 19.2. The van der Waals surface area contributed by atoms with Crippen LogP contribution in [0.1, 0.15) is 39.2 Å². The molecule has 8 nitrogen and oxygen atoms in total. The number of benzene rings is 1. The third-order valence-corrected chi connectivity index (χ3v) is 7.28. The molecule has 2 amide bonds. The molecule has 1 atom stereocenters. The van der Waals surface area contributed by atoms with Gasteiger partial charge in [0.2, 0.25) is 15.9 Å². The van der Waals surface area contributed by atoms with Crippen molar-refractivity contribution in [1.82, 2.24) is 9.62 Å². The lowest BCUT2D eigenvalue weighted by molar-refractivity contribution is -0.116. The van der Waals surface area contributed by atoms with Gasteiger partial charge in [-0.1, -0.05) is 15.9 Å². The summed E-state index contributed by atoms with van der Waals surface area (Å²) in [4.78, 5) is 27.3. The van der Waals surface area contributed by atoms with E-state index in [1.807, 2.05) is 13.0 Å². The van der Waals surface area contributed by atoms with Crippen molar-refractivity contribution in [3.63, 3.8) is 0 Å². The number of hydrogen-bond donors (Lipinski definition) is 1. The largest absolute Gasteiger partial charge is 0.450 e. The van der Waals surface area contributed by atoms with Crippen LogP contribution in [-0.2, 0) is 26.0 Å². The minimum absolute atomic E-state index is 0.0985. The van der Waals surface area contributed by atoms with E-state index in [0.717, 1.165) is 5.56 Å². The normalized spacial score (nSPS) is 19.9. The van der Waals surface area contributed by atoms with Gasteiger partial charge in [-0.3, -0.25) is 4.79 Å². The first-order valence-corrected chi connectivity index (χ1v) is 12.0. The van der Waals surface area contributed by atoms with Gasteiger partial charge in [-0.25, -0.2) is 17.9 Å². The number of halogens is 1. The molecule has 0 aliphatic carbocycles. The van der Waals surface area contributed by atoms with Gasteiger partial charge < -0.3 is 14.5 Å². The highest BCUT2D eigenvalue weighted by molar-refractivity contribution is 9.10. The van der Waals surface area contributed by atoms with E-state index in [-0.39, 0.29) is 29.0 Å². The van der Waals surface area contributed by atoms with Crippen molar-refractivity contribution in [2.24, 2.45) is 0 Å². The zero-order valence-electron chi connectivity index (χ0n) is 16.8. The molecule has 0 saturated carbocycles. The van der Waals surface area contributed by atoms with Crippen molar-refractivity contribution >= 4 is 43.6 Å². The summed E-state index contributed by atoms with van der Waals surface area (Å²) in [5.41, 5.74) is 1.30. The maximum absolute atomic E-state index is 13.2. The Kier molecular flexibility index (Phi) is 6.54. The van der Waals surface area contributed by atoms with Crippen LogP contribution in [0.5, 0.6) is 0 Å². The second-order valence-corrected chi connectivity index (χ2v) is 10.0. The molecule has 1 N–H and O–H groups in total. The first kappa shape index (κ1) is 22.0. The van der Waals surface area contributed by atoms with Gasteiger partial charge in [0, 0.05) is 36.6 Å². The van der Waals surface area contributed by atoms with E-state index >= 15 is 0 Å². The molecule has 2 aliphatic heterocycles. The van der Waals surface area contributed by atoms with Gasteiger partial charge in [-0.2, -0.15) is 0 Å². The SMILES string of the molecule is CCOC(=O)N1CCC(NS(=O)(=O)c2cc(Br)cc3c2N(C(C)=O)C(C)C3)CC1. The van der Waals surface area contributed by atoms with Crippen LogP contribution in [0.15, 0.2) is 21.5 Å². The van der Waals surface area contributed by atoms with Crippen LogP contribution in [0, 0.1) is 0 Å². The summed E-state index contributed by atoms with van der Waals surface area (Å²) in [5, 5.41) is 0. The standard InChI is InChI=1S/C19H26BrN3O5S/c1-4-28-19(25)22-7-5-16(6-8-22)21-29(26,27)17-11-15(20)10-14-9-12(2)23(13(3)24)18(14)17/h10-12,16,21H,4-9H2,1-3H3. The third kappa shape index (κ3) is 4.59. The van der Waals surface area contributed by atoms with Crippen LogP contribution in [0.3, 0.4) is 0 Å². The van der Waals surface area contributed by atoms with E-state index in [1.54, 1.807) is 22.8 Å². The van der Waals surface area contributed by atoms with Crippen LogP contribution in [0.4, 0.5) is 10.5 Å². The highest BCUT2D eigenvalue weighted by Gasteiger charge is 2.36. The molecular weight excluding hydrogens is 462 g/mol. The summed E-state index contributed by atoms with van der Waals surface area (Å²) >= 11 is 3.40. The molecule has 2 heterocycles. The second-order valence-electron chi connectivity index (χ2n) is 7.44. The molecule has 1 aromatic rings. The molecule has 160 valence electrons. The molecule has 29 heavy (non-hydrogen) atoms. The van der Waals surface area contributed by atoms with Crippen molar-refractivity contribution < 1.29 is 22.7 Å². The van der Waals surface area contributed by atoms with Gasteiger partial charge in [0.05, 0.1) is 12.3 Å². The summed E-state index contributed by atoms with van der Waals surface area (Å²) in [6.07, 6.45) is 1.24. The number of fused-ring (bicyclic) bond motifs is 1. The van der Waals surface area contributed by atoms with Crippen molar-refractivity contribution in [1.29, 1.82) is 0 Å². The fourth-order valence-corrected chi connectivity index (χ4v) is 6.26. The minimum Gasteiger partial charge on any atom is -0.450 e. The number of ether oxygens (including phenoxy) is 1. The quantitative estimate of drug-likeness (QED) is 0.703. The van der Waals surface area contributed by atoms with Crippen LogP contribution in [-0.4, -0.2) is 57.1 Å². The number of carbonyl (C=O) groups is 2. The van der Waals surface area contributed by atoms with Gasteiger partial charge in [-0.05, 0) is 50.8 Å². The van der Waals surface area contributed by atoms with E-state index in [0.29, 0.717) is 49.1 Å². The number of likely N-dealkylation sites (tertiary alicyclic amines) is 1. The Balaban J connectivity index is 1.81. The molecule has 10 heteroatoms. The highest BCUT2D eigenvalue weighted by atomic mass is 79.9. The smallest absolute Gasteiger partial charge is 0.409 e. The number of amides is 2. The average molecular weight is 488 g/mol. The molecule has 2 aliphatic rings. The first-order valence-electron chi connectivity index (χ1n) is 9.70. The molecule has 1 aromatic carbocycles. The Morgan fingerprint density at radius 1 is 1.28 bits per heavy atom. The van der Waals surface area contributed by atoms with Crippen molar-refractivity contribution in [3.8, 4) is 0 Å². The molecule has 1 unspecified atom stereocenters. The van der Waals surface area contributed by atoms with E-state index in [4.69, 9.17) is 4.74 Å². The Morgan fingerprint density at radius 3 is 2.52 bits per heavy atom. The Hall–Kier alpha value is -1.65. The van der Waals surface area contributed by atoms with Crippen LogP contribution < -0.4 is 9.62 Å². The number of hydrogen-bond acceptors (Lipinski definition) is 5. The van der Waals surface area contributed by atoms with Gasteiger partial charge in [0.15, 0.2) is 0 Å². The Bertz CT molecular complexity index is 913. The van der Waals surface area contributed by atoms with Crippen LogP contribution in [0.25, 0.3) is 0 Å². The third-order valence-electron chi connectivity index (χ3n) is 5.29. The summed E-state index contributed by atoms with van der Waals surface area (Å²) in [7, 11) is -3.85. The van der Waals surface area contributed by atoms with Gasteiger partial charge >= 0.3 is 6.09 Å². The molecule has 1 fully saturated rings. The number of anilines is 1. The van der Waals surface area contributed by atoms with Crippen molar-refractivity contribution in [2.75, 3.05) is 24.6 Å². The number of carbonyl (C=O) groups excluding carboxylic acids is 2. The van der Waals surface area contributed by atoms with Crippen molar-refractivity contribution in [3.05, 3.63) is 22.2 Å². The van der Waals surface area contributed by atoms with E-state index in [2.05, 4.69) is 20.7 Å². The molecular formula is C19H26BrN3O5S. The van der Waals surface area contributed by atoms with Gasteiger partial charge in [0.25, 0.3) is 0 Å². The number of rotatable bonds is 4. The fourth-order valence-electron chi connectivity index (χ4n) is 4.04. The first-order chi connectivity index (χ1) is 13.6.